The zero-order valence-corrected chi connectivity index (χ0v) is 43.1. The number of carbonyl (C=O) groups is 12. The number of carbonyl (C=O) groups excluding carboxylic acids is 9. The van der Waals surface area contributed by atoms with Gasteiger partial charge in [-0.15, -0.1) is 0 Å². The summed E-state index contributed by atoms with van der Waals surface area (Å²) in [6.07, 6.45) is -2.09. The number of benzene rings is 1. The third kappa shape index (κ3) is 20.4. The Balaban J connectivity index is 1.87. The number of H-pyrrole nitrogens is 1. The van der Waals surface area contributed by atoms with Crippen LogP contribution in [-0.2, 0) is 70.4 Å². The number of aromatic nitrogens is 2. The van der Waals surface area contributed by atoms with Gasteiger partial charge < -0.3 is 89.2 Å². The lowest BCUT2D eigenvalue weighted by Crippen LogP contribution is -2.61. The third-order valence-corrected chi connectivity index (χ3v) is 12.7. The minimum Gasteiger partial charge on any atom is -0.508 e. The predicted octanol–water partition coefficient (Wildman–Crippen LogP) is -4.89. The summed E-state index contributed by atoms with van der Waals surface area (Å²) >= 11 is 0. The number of aromatic amines is 1. The number of primary amides is 1. The van der Waals surface area contributed by atoms with Crippen LogP contribution in [0.2, 0.25) is 0 Å². The van der Waals surface area contributed by atoms with Crippen LogP contribution in [0.15, 0.2) is 36.8 Å². The smallest absolute Gasteiger partial charge is 0.328 e. The Morgan fingerprint density at radius 1 is 0.692 bits per heavy atom. The molecule has 1 aliphatic heterocycles. The van der Waals surface area contributed by atoms with Crippen LogP contribution >= 0.6 is 0 Å². The number of nitrogens with zero attached hydrogens (tertiary/aromatic N) is 2. The Hall–Kier alpha value is -8.25. The molecule has 2 heterocycles. The molecule has 0 radical (unpaired) electrons. The van der Waals surface area contributed by atoms with Gasteiger partial charge in [0, 0.05) is 50.5 Å². The minimum atomic E-state index is -1.79. The molecule has 0 spiro atoms. The number of aromatic hydroxyl groups is 1. The molecule has 0 unspecified atom stereocenters. The summed E-state index contributed by atoms with van der Waals surface area (Å²) in [7, 11) is 0. The van der Waals surface area contributed by atoms with Crippen molar-refractivity contribution >= 4 is 71.1 Å². The summed E-state index contributed by atoms with van der Waals surface area (Å²) in [5.74, 6) is -14.2. The van der Waals surface area contributed by atoms with Gasteiger partial charge in [-0.2, -0.15) is 0 Å². The molecule has 1 aromatic heterocycles. The van der Waals surface area contributed by atoms with E-state index in [0.29, 0.717) is 11.3 Å². The standard InChI is InChI=1S/C48H70N12O18/c1-4-23(2)38(58-44(73)33(21-61)57-42(71)32(19-26-20-51-22-52-26)55-40(69)28(49)11-14-35(50)64)46(75)53-29(12-15-36(65)66)41(70)54-30(13-16-37(67)68)47(76)60-17-5-6-34(60)45(74)56-31(18-25-7-9-27(63)10-8-25)43(72)59-39(24(3)62)48(77)78/h7-10,20,22-24,28-34,38-39,61-63H,4-6,11-19,21,49H2,1-3H3,(H2,50,64)(H,51,52)(H,53,75)(H,54,70)(H,55,69)(H,56,74)(H,57,71)(H,58,73)(H,59,72)(H,65,66)(H,67,68)(H,77,78)/t23-,24+,28-,29-,30-,31-,32-,33-,34-,38-,39-/m0/s1. The van der Waals surface area contributed by atoms with Crippen molar-refractivity contribution in [3.8, 4) is 5.75 Å². The van der Waals surface area contributed by atoms with E-state index in [4.69, 9.17) is 11.5 Å². The highest BCUT2D eigenvalue weighted by Gasteiger charge is 2.41. The minimum absolute atomic E-state index is 0.00626. The van der Waals surface area contributed by atoms with Gasteiger partial charge >= 0.3 is 17.9 Å². The fraction of sp³-hybridized carbons (Fsp3) is 0.562. The number of hydrogen-bond donors (Lipinski definition) is 16. The Kier molecular flexibility index (Phi) is 25.5. The van der Waals surface area contributed by atoms with Crippen molar-refractivity contribution in [2.24, 2.45) is 17.4 Å². The molecule has 1 aromatic carbocycles. The largest absolute Gasteiger partial charge is 0.508 e. The van der Waals surface area contributed by atoms with Gasteiger partial charge in [0.2, 0.25) is 53.2 Å². The summed E-state index contributed by atoms with van der Waals surface area (Å²) in [6, 6.07) is -8.75. The molecule has 3 rings (SSSR count). The normalized spacial score (nSPS) is 16.9. The van der Waals surface area contributed by atoms with Crippen LogP contribution in [0.1, 0.15) is 89.8 Å². The second-order valence-corrected chi connectivity index (χ2v) is 18.7. The van der Waals surface area contributed by atoms with Crippen molar-refractivity contribution in [2.75, 3.05) is 13.2 Å². The molecule has 1 saturated heterocycles. The van der Waals surface area contributed by atoms with E-state index in [1.54, 1.807) is 6.92 Å². The lowest BCUT2D eigenvalue weighted by atomic mass is 9.97. The number of hydrogen-bond acceptors (Lipinski definition) is 17. The number of likely N-dealkylation sites (tertiary alicyclic amines) is 1. The fourth-order valence-electron chi connectivity index (χ4n) is 8.04. The van der Waals surface area contributed by atoms with E-state index >= 15 is 0 Å². The Morgan fingerprint density at radius 3 is 1.78 bits per heavy atom. The number of carboxylic acids is 3. The maximum Gasteiger partial charge on any atom is 0.328 e. The average molecular weight is 1100 g/mol. The molecule has 0 saturated carbocycles. The van der Waals surface area contributed by atoms with Gasteiger partial charge in [0.15, 0.2) is 6.04 Å². The van der Waals surface area contributed by atoms with E-state index in [1.165, 1.54) is 43.7 Å². The molecule has 30 heteroatoms. The predicted molar refractivity (Wildman–Crippen MR) is 268 cm³/mol. The van der Waals surface area contributed by atoms with Crippen LogP contribution in [0, 0.1) is 5.92 Å². The number of phenols is 1. The summed E-state index contributed by atoms with van der Waals surface area (Å²) in [5.41, 5.74) is 11.8. The SMILES string of the molecule is CC[C@H](C)[C@H](NC(=O)[C@H](CO)NC(=O)[C@H](Cc1cnc[nH]1)NC(=O)[C@@H](N)CCC(N)=O)C(=O)N[C@@H](CCC(=O)O)C(=O)N[C@@H](CCC(=O)O)C(=O)N1CCC[C@H]1C(=O)N[C@@H](Cc1ccc(O)cc1)C(=O)N[C@H](C(=O)O)[C@@H](C)O. The van der Waals surface area contributed by atoms with E-state index in [0.717, 1.165) is 11.8 Å². The Morgan fingerprint density at radius 2 is 1.23 bits per heavy atom. The first kappa shape index (κ1) is 64.0. The highest BCUT2D eigenvalue weighted by molar-refractivity contribution is 5.98. The number of rotatable bonds is 33. The van der Waals surface area contributed by atoms with Crippen molar-refractivity contribution < 1.29 is 88.2 Å². The van der Waals surface area contributed by atoms with Gasteiger partial charge in [-0.1, -0.05) is 32.4 Å². The van der Waals surface area contributed by atoms with E-state index in [9.17, 15) is 88.2 Å². The molecule has 0 aliphatic carbocycles. The Labute approximate surface area is 446 Å². The van der Waals surface area contributed by atoms with Crippen LogP contribution in [0.4, 0.5) is 0 Å². The number of carboxylic acid groups (broad SMARTS) is 3. The molecule has 9 amide bonds. The molecule has 0 bridgehead atoms. The molecule has 11 atom stereocenters. The van der Waals surface area contributed by atoms with Crippen LogP contribution in [0.3, 0.4) is 0 Å². The first-order valence-corrected chi connectivity index (χ1v) is 24.9. The number of aliphatic hydroxyl groups excluding tert-OH is 2. The van der Waals surface area contributed by atoms with Crippen LogP contribution in [0.25, 0.3) is 0 Å². The lowest BCUT2D eigenvalue weighted by molar-refractivity contribution is -0.146. The molecule has 2 aromatic rings. The molecule has 30 nitrogen and oxygen atoms in total. The fourth-order valence-corrected chi connectivity index (χ4v) is 8.04. The first-order valence-electron chi connectivity index (χ1n) is 24.9. The molecule has 430 valence electrons. The topological polar surface area (TPSA) is 494 Å². The lowest BCUT2D eigenvalue weighted by Gasteiger charge is -2.31. The molecular weight excluding hydrogens is 1030 g/mol. The first-order chi connectivity index (χ1) is 36.8. The van der Waals surface area contributed by atoms with E-state index in [2.05, 4.69) is 47.2 Å². The van der Waals surface area contributed by atoms with Gasteiger partial charge in [-0.3, -0.25) is 52.7 Å². The van der Waals surface area contributed by atoms with Gasteiger partial charge in [0.05, 0.1) is 25.1 Å². The number of phenolic OH excluding ortho intramolecular Hbond substituents is 1. The summed E-state index contributed by atoms with van der Waals surface area (Å²) in [5, 5.41) is 75.5. The second-order valence-electron chi connectivity index (χ2n) is 18.7. The number of aliphatic hydroxyl groups is 2. The van der Waals surface area contributed by atoms with Crippen LogP contribution < -0.4 is 48.7 Å². The quantitative estimate of drug-likeness (QED) is 0.0319. The second kappa shape index (κ2) is 31.1. The summed E-state index contributed by atoms with van der Waals surface area (Å²) < 4.78 is 0. The van der Waals surface area contributed by atoms with Gasteiger partial charge in [-0.25, -0.2) is 9.78 Å². The Bertz CT molecular complexity index is 2440. The number of nitrogens with two attached hydrogens (primary N) is 2. The maximum absolute atomic E-state index is 14.4. The zero-order chi connectivity index (χ0) is 58.4. The number of imidazole rings is 1. The monoisotopic (exact) mass is 1100 g/mol. The highest BCUT2D eigenvalue weighted by Crippen LogP contribution is 2.21. The molecule has 1 fully saturated rings. The summed E-state index contributed by atoms with van der Waals surface area (Å²) in [4.78, 5) is 165. The molecule has 78 heavy (non-hydrogen) atoms. The van der Waals surface area contributed by atoms with Crippen LogP contribution in [0.5, 0.6) is 5.75 Å². The number of amides is 9. The van der Waals surface area contributed by atoms with Crippen molar-refractivity contribution in [3.05, 3.63) is 48.0 Å². The average Bonchev–Trinajstić information content (AvgIpc) is 4.10. The van der Waals surface area contributed by atoms with E-state index in [1.807, 2.05) is 0 Å². The number of nitrogens with one attached hydrogen (secondary N) is 8. The van der Waals surface area contributed by atoms with Gasteiger partial charge in [0.25, 0.3) is 0 Å². The van der Waals surface area contributed by atoms with Crippen LogP contribution in [-0.4, -0.2) is 190 Å². The zero-order valence-electron chi connectivity index (χ0n) is 43.1. The van der Waals surface area contributed by atoms with Crippen molar-refractivity contribution in [1.82, 2.24) is 52.1 Å². The molecule has 1 aliphatic rings. The summed E-state index contributed by atoms with van der Waals surface area (Å²) in [6.45, 7) is 3.11. The van der Waals surface area contributed by atoms with E-state index in [-0.39, 0.29) is 57.2 Å². The maximum atomic E-state index is 14.4. The third-order valence-electron chi connectivity index (χ3n) is 12.7. The highest BCUT2D eigenvalue weighted by atomic mass is 16.4. The van der Waals surface area contributed by atoms with Gasteiger partial charge in [-0.05, 0) is 62.6 Å². The van der Waals surface area contributed by atoms with E-state index < -0.39 is 170 Å². The van der Waals surface area contributed by atoms with Crippen molar-refractivity contribution in [3.63, 3.8) is 0 Å². The molecule has 18 N–H and O–H groups in total. The number of aliphatic carboxylic acids is 3. The van der Waals surface area contributed by atoms with Gasteiger partial charge in [0.1, 0.15) is 48.0 Å². The van der Waals surface area contributed by atoms with Crippen molar-refractivity contribution in [1.29, 1.82) is 0 Å². The van der Waals surface area contributed by atoms with Crippen molar-refractivity contribution in [2.45, 2.75) is 152 Å². The molecular formula is C48H70N12O18.